The van der Waals surface area contributed by atoms with Gasteiger partial charge in [0.2, 0.25) is 0 Å². The number of para-hydroxylation sites is 1. The number of hydrogen-bond acceptors (Lipinski definition) is 2. The molecule has 4 nitrogen and oxygen atoms in total. The zero-order chi connectivity index (χ0) is 12.3. The smallest absolute Gasteiger partial charge is 0.322 e. The van der Waals surface area contributed by atoms with Gasteiger partial charge in [-0.1, -0.05) is 18.2 Å². The lowest BCUT2D eigenvalue weighted by atomic mass is 10.0. The largest absolute Gasteiger partial charge is 0.377 e. The Morgan fingerprint density at radius 1 is 1.35 bits per heavy atom. The van der Waals surface area contributed by atoms with Crippen LogP contribution in [0, 0.1) is 0 Å². The van der Waals surface area contributed by atoms with Crippen molar-refractivity contribution in [2.45, 2.75) is 19.4 Å². The van der Waals surface area contributed by atoms with Gasteiger partial charge < -0.3 is 15.0 Å². The highest BCUT2D eigenvalue weighted by Crippen LogP contribution is 2.20. The maximum absolute atomic E-state index is 12.1. The maximum atomic E-state index is 12.1. The quantitative estimate of drug-likeness (QED) is 0.810. The van der Waals surface area contributed by atoms with Gasteiger partial charge in [-0.15, -0.1) is 0 Å². The van der Waals surface area contributed by atoms with Crippen molar-refractivity contribution >= 4 is 11.7 Å². The van der Waals surface area contributed by atoms with E-state index < -0.39 is 0 Å². The van der Waals surface area contributed by atoms with Crippen LogP contribution in [0.4, 0.5) is 10.5 Å². The van der Waals surface area contributed by atoms with E-state index in [9.17, 15) is 4.79 Å². The average molecular weight is 234 g/mol. The van der Waals surface area contributed by atoms with Crippen LogP contribution in [-0.4, -0.2) is 36.2 Å². The molecule has 1 heterocycles. The van der Waals surface area contributed by atoms with Crippen molar-refractivity contribution in [1.29, 1.82) is 0 Å². The Labute approximate surface area is 102 Å². The predicted molar refractivity (Wildman–Crippen MR) is 67.1 cm³/mol. The third kappa shape index (κ3) is 2.77. The van der Waals surface area contributed by atoms with Crippen molar-refractivity contribution in [3.63, 3.8) is 0 Å². The van der Waals surface area contributed by atoms with Crippen LogP contribution in [0.5, 0.6) is 0 Å². The second-order valence-electron chi connectivity index (χ2n) is 4.81. The van der Waals surface area contributed by atoms with E-state index in [0.717, 1.165) is 5.69 Å². The second-order valence-corrected chi connectivity index (χ2v) is 4.81. The summed E-state index contributed by atoms with van der Waals surface area (Å²) in [6.07, 6.45) is 0. The van der Waals surface area contributed by atoms with Gasteiger partial charge in [0.25, 0.3) is 0 Å². The molecule has 1 saturated heterocycles. The molecule has 0 aromatic heterocycles. The maximum Gasteiger partial charge on any atom is 0.322 e. The minimum Gasteiger partial charge on any atom is -0.377 e. The summed E-state index contributed by atoms with van der Waals surface area (Å²) in [4.78, 5) is 14.0. The molecule has 1 aromatic carbocycles. The third-order valence-corrected chi connectivity index (χ3v) is 2.92. The number of morpholine rings is 1. The van der Waals surface area contributed by atoms with E-state index in [1.807, 2.05) is 49.1 Å². The number of rotatable bonds is 1. The van der Waals surface area contributed by atoms with Crippen LogP contribution in [-0.2, 0) is 4.74 Å². The lowest BCUT2D eigenvalue weighted by Gasteiger charge is -2.41. The molecular weight excluding hydrogens is 216 g/mol. The van der Waals surface area contributed by atoms with E-state index in [1.165, 1.54) is 0 Å². The standard InChI is InChI=1S/C13H18N2O2/c1-13(2)10-17-9-8-15(13)12(16)14-11-6-4-3-5-7-11/h3-7H,8-10H2,1-2H3,(H,14,16). The van der Waals surface area contributed by atoms with E-state index in [1.54, 1.807) is 0 Å². The first-order valence-corrected chi connectivity index (χ1v) is 5.81. The molecule has 0 unspecified atom stereocenters. The van der Waals surface area contributed by atoms with E-state index in [4.69, 9.17) is 4.74 Å². The Hall–Kier alpha value is -1.55. The van der Waals surface area contributed by atoms with Gasteiger partial charge in [-0.3, -0.25) is 0 Å². The fraction of sp³-hybridized carbons (Fsp3) is 0.462. The number of nitrogens with one attached hydrogen (secondary N) is 1. The molecule has 1 aromatic rings. The molecule has 0 bridgehead atoms. The molecule has 2 rings (SSSR count). The molecule has 1 aliphatic rings. The van der Waals surface area contributed by atoms with Gasteiger partial charge in [0.15, 0.2) is 0 Å². The summed E-state index contributed by atoms with van der Waals surface area (Å²) < 4.78 is 5.39. The molecule has 0 spiro atoms. The summed E-state index contributed by atoms with van der Waals surface area (Å²) in [5.74, 6) is 0. The first-order valence-electron chi connectivity index (χ1n) is 5.81. The summed E-state index contributed by atoms with van der Waals surface area (Å²) in [5, 5.41) is 2.90. The molecule has 4 heteroatoms. The van der Waals surface area contributed by atoms with E-state index in [0.29, 0.717) is 19.8 Å². The molecule has 92 valence electrons. The van der Waals surface area contributed by atoms with Gasteiger partial charge in [-0.25, -0.2) is 4.79 Å². The minimum atomic E-state index is -0.253. The van der Waals surface area contributed by atoms with Crippen molar-refractivity contribution in [2.24, 2.45) is 0 Å². The summed E-state index contributed by atoms with van der Waals surface area (Å²) in [7, 11) is 0. The molecule has 0 saturated carbocycles. The molecule has 2 amide bonds. The van der Waals surface area contributed by atoms with Crippen LogP contribution < -0.4 is 5.32 Å². The fourth-order valence-corrected chi connectivity index (χ4v) is 1.95. The number of carbonyl (C=O) groups excluding carboxylic acids is 1. The van der Waals surface area contributed by atoms with Crippen molar-refractivity contribution in [1.82, 2.24) is 4.90 Å². The third-order valence-electron chi connectivity index (χ3n) is 2.92. The minimum absolute atomic E-state index is 0.0653. The van der Waals surface area contributed by atoms with Crippen molar-refractivity contribution in [2.75, 3.05) is 25.1 Å². The lowest BCUT2D eigenvalue weighted by molar-refractivity contribution is -0.0249. The number of benzene rings is 1. The highest BCUT2D eigenvalue weighted by Gasteiger charge is 2.34. The van der Waals surface area contributed by atoms with Crippen LogP contribution in [0.3, 0.4) is 0 Å². The number of urea groups is 1. The van der Waals surface area contributed by atoms with Crippen LogP contribution in [0.15, 0.2) is 30.3 Å². The molecule has 17 heavy (non-hydrogen) atoms. The molecule has 1 fully saturated rings. The Bertz CT molecular complexity index is 390. The number of amides is 2. The SMILES string of the molecule is CC1(C)COCCN1C(=O)Nc1ccccc1. The molecule has 1 N–H and O–H groups in total. The fourth-order valence-electron chi connectivity index (χ4n) is 1.95. The molecular formula is C13H18N2O2. The Morgan fingerprint density at radius 2 is 2.06 bits per heavy atom. The second kappa shape index (κ2) is 4.75. The van der Waals surface area contributed by atoms with Crippen LogP contribution in [0.1, 0.15) is 13.8 Å². The molecule has 0 atom stereocenters. The Morgan fingerprint density at radius 3 is 2.71 bits per heavy atom. The van der Waals surface area contributed by atoms with E-state index >= 15 is 0 Å². The predicted octanol–water partition coefficient (Wildman–Crippen LogP) is 2.33. The topological polar surface area (TPSA) is 41.6 Å². The zero-order valence-corrected chi connectivity index (χ0v) is 10.3. The van der Waals surface area contributed by atoms with Gasteiger partial charge in [0, 0.05) is 12.2 Å². The first kappa shape index (κ1) is 11.9. The van der Waals surface area contributed by atoms with Gasteiger partial charge in [0.05, 0.1) is 18.8 Å². The van der Waals surface area contributed by atoms with Crippen molar-refractivity contribution < 1.29 is 9.53 Å². The highest BCUT2D eigenvalue weighted by molar-refractivity contribution is 5.89. The van der Waals surface area contributed by atoms with Crippen molar-refractivity contribution in [3.8, 4) is 0 Å². The first-order chi connectivity index (χ1) is 8.09. The van der Waals surface area contributed by atoms with E-state index in [2.05, 4.69) is 5.32 Å². The lowest BCUT2D eigenvalue weighted by Crippen LogP contribution is -2.56. The monoisotopic (exact) mass is 234 g/mol. The number of carbonyl (C=O) groups is 1. The van der Waals surface area contributed by atoms with Gasteiger partial charge in [-0.2, -0.15) is 0 Å². The summed E-state index contributed by atoms with van der Waals surface area (Å²) in [6, 6.07) is 9.43. The highest BCUT2D eigenvalue weighted by atomic mass is 16.5. The number of nitrogens with zero attached hydrogens (tertiary/aromatic N) is 1. The van der Waals surface area contributed by atoms with Crippen molar-refractivity contribution in [3.05, 3.63) is 30.3 Å². The molecule has 0 radical (unpaired) electrons. The Kier molecular flexibility index (Phi) is 3.33. The molecule has 0 aliphatic carbocycles. The average Bonchev–Trinajstić information content (AvgIpc) is 2.29. The van der Waals surface area contributed by atoms with Crippen LogP contribution in [0.2, 0.25) is 0 Å². The molecule has 1 aliphatic heterocycles. The van der Waals surface area contributed by atoms with Crippen LogP contribution >= 0.6 is 0 Å². The van der Waals surface area contributed by atoms with E-state index in [-0.39, 0.29) is 11.6 Å². The van der Waals surface area contributed by atoms with Gasteiger partial charge >= 0.3 is 6.03 Å². The summed E-state index contributed by atoms with van der Waals surface area (Å²) in [6.45, 7) is 5.83. The number of ether oxygens (including phenoxy) is 1. The number of anilines is 1. The zero-order valence-electron chi connectivity index (χ0n) is 10.3. The summed E-state index contributed by atoms with van der Waals surface area (Å²) >= 11 is 0. The van der Waals surface area contributed by atoms with Crippen LogP contribution in [0.25, 0.3) is 0 Å². The van der Waals surface area contributed by atoms with Gasteiger partial charge in [0.1, 0.15) is 0 Å². The number of hydrogen-bond donors (Lipinski definition) is 1. The Balaban J connectivity index is 2.04. The van der Waals surface area contributed by atoms with Gasteiger partial charge in [-0.05, 0) is 26.0 Å². The normalized spacial score (nSPS) is 18.8. The summed E-state index contributed by atoms with van der Waals surface area (Å²) in [5.41, 5.74) is 0.566.